The number of ether oxygens (including phenoxy) is 2. The molecule has 15 heavy (non-hydrogen) atoms. The van der Waals surface area contributed by atoms with E-state index in [1.165, 1.54) is 0 Å². The van der Waals surface area contributed by atoms with Crippen LogP contribution in [0.4, 0.5) is 0 Å². The Balaban J connectivity index is 2.33. The van der Waals surface area contributed by atoms with Gasteiger partial charge in [0, 0.05) is 12.8 Å². The van der Waals surface area contributed by atoms with Gasteiger partial charge in [-0.05, 0) is 12.8 Å². The number of hydrogen-bond acceptors (Lipinski definition) is 4. The molecule has 1 aliphatic carbocycles. The van der Waals surface area contributed by atoms with Crippen molar-refractivity contribution in [2.45, 2.75) is 44.3 Å². The monoisotopic (exact) mass is 208 g/mol. The summed E-state index contributed by atoms with van der Waals surface area (Å²) in [6, 6.07) is 4.09. The lowest BCUT2D eigenvalue weighted by molar-refractivity contribution is -0.230. The van der Waals surface area contributed by atoms with E-state index in [1.54, 1.807) is 0 Å². The highest BCUT2D eigenvalue weighted by Crippen LogP contribution is 2.34. The van der Waals surface area contributed by atoms with Crippen LogP contribution in [-0.2, 0) is 9.47 Å². The molecule has 0 bridgehead atoms. The normalized spacial score (nSPS) is 18.3. The lowest BCUT2D eigenvalue weighted by Crippen LogP contribution is -2.33. The fourth-order valence-electron chi connectivity index (χ4n) is 1.81. The van der Waals surface area contributed by atoms with Crippen molar-refractivity contribution in [2.24, 2.45) is 0 Å². The van der Waals surface area contributed by atoms with Crippen LogP contribution in [0.1, 0.15) is 38.5 Å². The van der Waals surface area contributed by atoms with Crippen LogP contribution in [0.25, 0.3) is 0 Å². The molecule has 1 aliphatic rings. The van der Waals surface area contributed by atoms with E-state index in [-0.39, 0.29) is 0 Å². The lowest BCUT2D eigenvalue weighted by Gasteiger charge is -2.28. The van der Waals surface area contributed by atoms with Gasteiger partial charge in [-0.3, -0.25) is 0 Å². The Morgan fingerprint density at radius 2 is 1.40 bits per heavy atom. The van der Waals surface area contributed by atoms with Crippen molar-refractivity contribution >= 4 is 0 Å². The first kappa shape index (κ1) is 12.0. The molecule has 0 aromatic carbocycles. The van der Waals surface area contributed by atoms with Gasteiger partial charge in [0.2, 0.25) is 0 Å². The average molecular weight is 208 g/mol. The Hall–Kier alpha value is -1.10. The van der Waals surface area contributed by atoms with Gasteiger partial charge in [0.15, 0.2) is 5.79 Å². The molecule has 0 radical (unpaired) electrons. The molecule has 1 rings (SSSR count). The van der Waals surface area contributed by atoms with E-state index in [0.29, 0.717) is 26.1 Å². The summed E-state index contributed by atoms with van der Waals surface area (Å²) in [7, 11) is 0. The smallest absolute Gasteiger partial charge is 0.168 e. The number of nitriles is 2. The first-order valence-corrected chi connectivity index (χ1v) is 5.35. The molecule has 1 fully saturated rings. The minimum absolute atomic E-state index is 0.392. The fourth-order valence-corrected chi connectivity index (χ4v) is 1.81. The molecular formula is C11H16N2O2. The third kappa shape index (κ3) is 3.87. The molecule has 0 heterocycles. The highest BCUT2D eigenvalue weighted by atomic mass is 16.7. The second-order valence-electron chi connectivity index (χ2n) is 3.63. The maximum absolute atomic E-state index is 8.42. The maximum atomic E-state index is 8.42. The second kappa shape index (κ2) is 6.40. The molecule has 1 saturated carbocycles. The molecule has 0 aromatic heterocycles. The number of rotatable bonds is 6. The molecular weight excluding hydrogens is 192 g/mol. The van der Waals surface area contributed by atoms with E-state index in [0.717, 1.165) is 25.7 Å². The second-order valence-corrected chi connectivity index (χ2v) is 3.63. The summed E-state index contributed by atoms with van der Waals surface area (Å²) in [5.74, 6) is -0.506. The summed E-state index contributed by atoms with van der Waals surface area (Å²) >= 11 is 0. The third-order valence-electron chi connectivity index (χ3n) is 2.52. The van der Waals surface area contributed by atoms with Crippen LogP contribution in [0, 0.1) is 22.7 Å². The van der Waals surface area contributed by atoms with E-state index in [1.807, 2.05) is 12.1 Å². The van der Waals surface area contributed by atoms with Gasteiger partial charge in [0.05, 0.1) is 38.2 Å². The van der Waals surface area contributed by atoms with Crippen LogP contribution in [0.2, 0.25) is 0 Å². The predicted molar refractivity (Wildman–Crippen MR) is 53.6 cm³/mol. The maximum Gasteiger partial charge on any atom is 0.168 e. The summed E-state index contributed by atoms with van der Waals surface area (Å²) in [6.07, 6.45) is 4.73. The molecule has 0 atom stereocenters. The molecule has 0 N–H and O–H groups in total. The zero-order valence-electron chi connectivity index (χ0n) is 8.87. The number of hydrogen-bond donors (Lipinski definition) is 0. The van der Waals surface area contributed by atoms with E-state index in [2.05, 4.69) is 0 Å². The van der Waals surface area contributed by atoms with Crippen molar-refractivity contribution in [1.29, 1.82) is 10.5 Å². The van der Waals surface area contributed by atoms with Gasteiger partial charge in [0.25, 0.3) is 0 Å². The summed E-state index contributed by atoms with van der Waals surface area (Å²) < 4.78 is 11.2. The molecule has 4 heteroatoms. The SMILES string of the molecule is N#CCCOC1(OCCC#N)CCCC1. The van der Waals surface area contributed by atoms with E-state index < -0.39 is 5.79 Å². The van der Waals surface area contributed by atoms with E-state index >= 15 is 0 Å². The van der Waals surface area contributed by atoms with E-state index in [9.17, 15) is 0 Å². The molecule has 0 aliphatic heterocycles. The minimum atomic E-state index is -0.506. The molecule has 4 nitrogen and oxygen atoms in total. The topological polar surface area (TPSA) is 66.0 Å². The minimum Gasteiger partial charge on any atom is -0.349 e. The van der Waals surface area contributed by atoms with Crippen molar-refractivity contribution in [3.8, 4) is 12.1 Å². The van der Waals surface area contributed by atoms with Gasteiger partial charge in [-0.1, -0.05) is 0 Å². The van der Waals surface area contributed by atoms with E-state index in [4.69, 9.17) is 20.0 Å². The van der Waals surface area contributed by atoms with Crippen LogP contribution in [0.5, 0.6) is 0 Å². The molecule has 0 aromatic rings. The fraction of sp³-hybridized carbons (Fsp3) is 0.818. The van der Waals surface area contributed by atoms with Crippen molar-refractivity contribution in [3.63, 3.8) is 0 Å². The van der Waals surface area contributed by atoms with Gasteiger partial charge in [-0.15, -0.1) is 0 Å². The van der Waals surface area contributed by atoms with Gasteiger partial charge in [0.1, 0.15) is 0 Å². The summed E-state index contributed by atoms with van der Waals surface area (Å²) in [4.78, 5) is 0. The van der Waals surface area contributed by atoms with Crippen LogP contribution >= 0.6 is 0 Å². The molecule has 0 saturated heterocycles. The standard InChI is InChI=1S/C11H16N2O2/c12-7-3-9-14-11(5-1-2-6-11)15-10-4-8-13/h1-6,9-10H2. The zero-order chi connectivity index (χ0) is 11.0. The Morgan fingerprint density at radius 1 is 0.933 bits per heavy atom. The van der Waals surface area contributed by atoms with Crippen LogP contribution in [0.15, 0.2) is 0 Å². The van der Waals surface area contributed by atoms with Crippen molar-refractivity contribution in [1.82, 2.24) is 0 Å². The van der Waals surface area contributed by atoms with Crippen LogP contribution in [-0.4, -0.2) is 19.0 Å². The number of nitrogens with zero attached hydrogens (tertiary/aromatic N) is 2. The highest BCUT2D eigenvalue weighted by Gasteiger charge is 2.35. The first-order valence-electron chi connectivity index (χ1n) is 5.35. The highest BCUT2D eigenvalue weighted by molar-refractivity contribution is 4.80. The Kier molecular flexibility index (Phi) is 5.10. The Bertz CT molecular complexity index is 237. The third-order valence-corrected chi connectivity index (χ3v) is 2.52. The molecule has 0 spiro atoms. The summed E-state index contributed by atoms with van der Waals surface area (Å²) in [5, 5.41) is 16.8. The lowest BCUT2D eigenvalue weighted by atomic mass is 10.2. The van der Waals surface area contributed by atoms with Crippen molar-refractivity contribution < 1.29 is 9.47 Å². The zero-order valence-corrected chi connectivity index (χ0v) is 8.87. The first-order chi connectivity index (χ1) is 7.33. The average Bonchev–Trinajstić information content (AvgIpc) is 2.68. The summed E-state index contributed by atoms with van der Waals surface area (Å²) in [6.45, 7) is 0.839. The molecule has 0 amide bonds. The van der Waals surface area contributed by atoms with Gasteiger partial charge in [-0.25, -0.2) is 0 Å². The Morgan fingerprint density at radius 3 is 1.80 bits per heavy atom. The molecule has 0 unspecified atom stereocenters. The largest absolute Gasteiger partial charge is 0.349 e. The van der Waals surface area contributed by atoms with Crippen molar-refractivity contribution in [3.05, 3.63) is 0 Å². The van der Waals surface area contributed by atoms with Crippen molar-refractivity contribution in [2.75, 3.05) is 13.2 Å². The predicted octanol–water partition coefficient (Wildman–Crippen LogP) is 2.12. The van der Waals surface area contributed by atoms with Gasteiger partial charge in [-0.2, -0.15) is 10.5 Å². The van der Waals surface area contributed by atoms with Gasteiger partial charge < -0.3 is 9.47 Å². The summed E-state index contributed by atoms with van der Waals surface area (Å²) in [5.41, 5.74) is 0. The van der Waals surface area contributed by atoms with Crippen LogP contribution < -0.4 is 0 Å². The van der Waals surface area contributed by atoms with Crippen LogP contribution in [0.3, 0.4) is 0 Å². The molecule has 82 valence electrons. The van der Waals surface area contributed by atoms with Gasteiger partial charge >= 0.3 is 0 Å². The quantitative estimate of drug-likeness (QED) is 0.495. The Labute approximate surface area is 90.4 Å².